The molecule has 0 saturated carbocycles. The van der Waals surface area contributed by atoms with E-state index >= 15 is 0 Å². The predicted molar refractivity (Wildman–Crippen MR) is 49.8 cm³/mol. The number of rotatable bonds is 3. The Labute approximate surface area is 79.0 Å². The van der Waals surface area contributed by atoms with Gasteiger partial charge >= 0.3 is 0 Å². The first kappa shape index (κ1) is 10.5. The molecule has 0 unspecified atom stereocenters. The van der Waals surface area contributed by atoms with E-state index in [4.69, 9.17) is 10.6 Å². The summed E-state index contributed by atoms with van der Waals surface area (Å²) in [7, 11) is 0. The molecule has 76 valence electrons. The van der Waals surface area contributed by atoms with Crippen LogP contribution in [0.1, 0.15) is 33.1 Å². The van der Waals surface area contributed by atoms with E-state index in [1.165, 1.54) is 5.06 Å². The second kappa shape index (κ2) is 4.07. The molecule has 1 saturated heterocycles. The van der Waals surface area contributed by atoms with Crippen molar-refractivity contribution in [2.45, 2.75) is 38.6 Å². The van der Waals surface area contributed by atoms with E-state index in [1.807, 2.05) is 13.8 Å². The minimum absolute atomic E-state index is 0.0741. The van der Waals surface area contributed by atoms with Gasteiger partial charge in [0.2, 0.25) is 0 Å². The number of hydrogen-bond acceptors (Lipinski definition) is 3. The Morgan fingerprint density at radius 1 is 1.54 bits per heavy atom. The normalized spacial score (nSPS) is 17.9. The number of carbonyl (C=O) groups excluding carboxylic acids is 1. The van der Waals surface area contributed by atoms with Crippen LogP contribution in [0.3, 0.4) is 0 Å². The summed E-state index contributed by atoms with van der Waals surface area (Å²) in [5.41, 5.74) is 5.22. The van der Waals surface area contributed by atoms with E-state index in [1.54, 1.807) is 0 Å². The van der Waals surface area contributed by atoms with Crippen molar-refractivity contribution in [1.29, 1.82) is 0 Å². The molecular formula is C9H18N2O2. The quantitative estimate of drug-likeness (QED) is 0.704. The molecule has 1 fully saturated rings. The van der Waals surface area contributed by atoms with Crippen LogP contribution in [0, 0.1) is 0 Å². The topological polar surface area (TPSA) is 55.6 Å². The van der Waals surface area contributed by atoms with Crippen LogP contribution in [0.2, 0.25) is 0 Å². The van der Waals surface area contributed by atoms with Crippen molar-refractivity contribution in [1.82, 2.24) is 5.06 Å². The Balaban J connectivity index is 2.63. The molecule has 1 aliphatic heterocycles. The predicted octanol–water partition coefficient (Wildman–Crippen LogP) is 0.668. The molecule has 2 N–H and O–H groups in total. The van der Waals surface area contributed by atoms with Crippen molar-refractivity contribution in [3.05, 3.63) is 0 Å². The Hall–Kier alpha value is -0.610. The fourth-order valence-corrected chi connectivity index (χ4v) is 1.41. The van der Waals surface area contributed by atoms with Gasteiger partial charge in [0.15, 0.2) is 0 Å². The Bertz CT molecular complexity index is 184. The SMILES string of the molecule is CCC(N)(CC)C(=O)N1CCCO1. The van der Waals surface area contributed by atoms with E-state index < -0.39 is 5.54 Å². The van der Waals surface area contributed by atoms with E-state index in [-0.39, 0.29) is 5.91 Å². The first-order valence-electron chi connectivity index (χ1n) is 4.88. The van der Waals surface area contributed by atoms with Crippen LogP contribution in [-0.4, -0.2) is 29.7 Å². The first-order chi connectivity index (χ1) is 6.14. The van der Waals surface area contributed by atoms with Gasteiger partial charge < -0.3 is 5.73 Å². The molecule has 13 heavy (non-hydrogen) atoms. The lowest BCUT2D eigenvalue weighted by Crippen LogP contribution is -2.53. The number of nitrogens with zero attached hydrogens (tertiary/aromatic N) is 1. The van der Waals surface area contributed by atoms with Gasteiger partial charge in [-0.25, -0.2) is 5.06 Å². The van der Waals surface area contributed by atoms with Crippen molar-refractivity contribution in [3.63, 3.8) is 0 Å². The smallest absolute Gasteiger partial charge is 0.266 e. The maximum absolute atomic E-state index is 11.8. The molecule has 0 aliphatic carbocycles. The van der Waals surface area contributed by atoms with Crippen molar-refractivity contribution in [3.8, 4) is 0 Å². The summed E-state index contributed by atoms with van der Waals surface area (Å²) in [4.78, 5) is 17.0. The monoisotopic (exact) mass is 186 g/mol. The van der Waals surface area contributed by atoms with Gasteiger partial charge in [-0.2, -0.15) is 0 Å². The van der Waals surface area contributed by atoms with Crippen LogP contribution in [0.15, 0.2) is 0 Å². The van der Waals surface area contributed by atoms with Gasteiger partial charge in [-0.05, 0) is 19.3 Å². The molecule has 0 spiro atoms. The van der Waals surface area contributed by atoms with Gasteiger partial charge in [0.1, 0.15) is 0 Å². The molecule has 0 aromatic rings. The van der Waals surface area contributed by atoms with Crippen molar-refractivity contribution < 1.29 is 9.63 Å². The lowest BCUT2D eigenvalue weighted by molar-refractivity contribution is -0.175. The lowest BCUT2D eigenvalue weighted by Gasteiger charge is -2.29. The van der Waals surface area contributed by atoms with Crippen LogP contribution < -0.4 is 5.73 Å². The zero-order valence-electron chi connectivity index (χ0n) is 8.38. The largest absolute Gasteiger partial charge is 0.317 e. The molecule has 1 amide bonds. The standard InChI is InChI=1S/C9H18N2O2/c1-3-9(10,4-2)8(12)11-6-5-7-13-11/h3-7,10H2,1-2H3. The molecular weight excluding hydrogens is 168 g/mol. The average molecular weight is 186 g/mol. The van der Waals surface area contributed by atoms with Gasteiger partial charge in [0.25, 0.3) is 5.91 Å². The average Bonchev–Trinajstić information content (AvgIpc) is 2.68. The second-order valence-electron chi connectivity index (χ2n) is 3.46. The molecule has 0 atom stereocenters. The van der Waals surface area contributed by atoms with Gasteiger partial charge in [-0.15, -0.1) is 0 Å². The lowest BCUT2D eigenvalue weighted by atomic mass is 9.93. The van der Waals surface area contributed by atoms with Gasteiger partial charge in [-0.3, -0.25) is 9.63 Å². The summed E-state index contributed by atoms with van der Waals surface area (Å²) in [5, 5.41) is 1.41. The summed E-state index contributed by atoms with van der Waals surface area (Å²) in [6.07, 6.45) is 2.22. The van der Waals surface area contributed by atoms with Gasteiger partial charge in [-0.1, -0.05) is 13.8 Å². The van der Waals surface area contributed by atoms with E-state index in [9.17, 15) is 4.79 Å². The summed E-state index contributed by atoms with van der Waals surface area (Å²) in [6, 6.07) is 0. The molecule has 1 heterocycles. The molecule has 0 bridgehead atoms. The fraction of sp³-hybridized carbons (Fsp3) is 0.889. The number of hydrogen-bond donors (Lipinski definition) is 1. The van der Waals surface area contributed by atoms with Crippen LogP contribution >= 0.6 is 0 Å². The fourth-order valence-electron chi connectivity index (χ4n) is 1.41. The third-order valence-corrected chi connectivity index (χ3v) is 2.67. The third-order valence-electron chi connectivity index (χ3n) is 2.67. The highest BCUT2D eigenvalue weighted by molar-refractivity contribution is 5.85. The van der Waals surface area contributed by atoms with Crippen LogP contribution in [-0.2, 0) is 9.63 Å². The zero-order valence-corrected chi connectivity index (χ0v) is 8.38. The van der Waals surface area contributed by atoms with Crippen LogP contribution in [0.25, 0.3) is 0 Å². The number of amides is 1. The Kier molecular flexibility index (Phi) is 3.27. The summed E-state index contributed by atoms with van der Waals surface area (Å²) < 4.78 is 0. The molecule has 1 aliphatic rings. The maximum Gasteiger partial charge on any atom is 0.266 e. The second-order valence-corrected chi connectivity index (χ2v) is 3.46. The van der Waals surface area contributed by atoms with Gasteiger partial charge in [0, 0.05) is 0 Å². The van der Waals surface area contributed by atoms with E-state index in [2.05, 4.69) is 0 Å². The van der Waals surface area contributed by atoms with Crippen LogP contribution in [0.5, 0.6) is 0 Å². The summed E-state index contributed by atoms with van der Waals surface area (Å²) in [5.74, 6) is -0.0741. The van der Waals surface area contributed by atoms with Crippen molar-refractivity contribution >= 4 is 5.91 Å². The first-order valence-corrected chi connectivity index (χ1v) is 4.88. The van der Waals surface area contributed by atoms with Gasteiger partial charge in [0.05, 0.1) is 18.7 Å². The molecule has 4 nitrogen and oxygen atoms in total. The maximum atomic E-state index is 11.8. The highest BCUT2D eigenvalue weighted by Crippen LogP contribution is 2.17. The number of nitrogens with two attached hydrogens (primary N) is 1. The number of hydroxylamine groups is 2. The Morgan fingerprint density at radius 2 is 2.15 bits per heavy atom. The third kappa shape index (κ3) is 2.00. The van der Waals surface area contributed by atoms with Crippen molar-refractivity contribution in [2.24, 2.45) is 5.73 Å². The summed E-state index contributed by atoms with van der Waals surface area (Å²) in [6.45, 7) is 5.17. The highest BCUT2D eigenvalue weighted by Gasteiger charge is 2.35. The van der Waals surface area contributed by atoms with Crippen LogP contribution in [0.4, 0.5) is 0 Å². The van der Waals surface area contributed by atoms with Crippen molar-refractivity contribution in [2.75, 3.05) is 13.2 Å². The van der Waals surface area contributed by atoms with E-state index in [0.717, 1.165) is 6.42 Å². The highest BCUT2D eigenvalue weighted by atomic mass is 16.7. The minimum atomic E-state index is -0.732. The minimum Gasteiger partial charge on any atom is -0.317 e. The summed E-state index contributed by atoms with van der Waals surface area (Å²) >= 11 is 0. The number of carbonyl (C=O) groups is 1. The molecule has 0 aromatic carbocycles. The molecule has 0 radical (unpaired) electrons. The Morgan fingerprint density at radius 3 is 2.54 bits per heavy atom. The molecule has 0 aromatic heterocycles. The van der Waals surface area contributed by atoms with E-state index in [0.29, 0.717) is 26.0 Å². The zero-order chi connectivity index (χ0) is 9.90. The molecule has 4 heteroatoms. The molecule has 1 rings (SSSR count).